The van der Waals surface area contributed by atoms with E-state index < -0.39 is 17.6 Å². The first-order valence-electron chi connectivity index (χ1n) is 10.3. The Kier molecular flexibility index (Phi) is 7.25. The molecule has 1 aromatic carbocycles. The van der Waals surface area contributed by atoms with Crippen LogP contribution in [0.1, 0.15) is 12.5 Å². The molecule has 0 saturated carbocycles. The van der Waals surface area contributed by atoms with Gasteiger partial charge in [-0.2, -0.15) is 13.2 Å². The van der Waals surface area contributed by atoms with Crippen LogP contribution in [0.15, 0.2) is 40.9 Å². The molecule has 4 rings (SSSR count). The summed E-state index contributed by atoms with van der Waals surface area (Å²) in [6.07, 6.45) is -4.51. The fraction of sp³-hybridized carbons (Fsp3) is 0.381. The van der Waals surface area contributed by atoms with E-state index in [1.165, 1.54) is 17.8 Å². The number of hydrogen-bond donors (Lipinski definition) is 1. The van der Waals surface area contributed by atoms with Crippen molar-refractivity contribution in [2.75, 3.05) is 42.3 Å². The molecule has 0 unspecified atom stereocenters. The van der Waals surface area contributed by atoms with Crippen LogP contribution in [0.2, 0.25) is 0 Å². The number of thioether (sulfide) groups is 1. The molecule has 1 fully saturated rings. The van der Waals surface area contributed by atoms with Crippen molar-refractivity contribution in [2.45, 2.75) is 24.8 Å². The molecule has 1 aliphatic rings. The number of ether oxygens (including phenoxy) is 1. The Morgan fingerprint density at radius 2 is 2.03 bits per heavy atom. The molecule has 3 aromatic rings. The second-order valence-corrected chi connectivity index (χ2v) is 9.08. The first-order valence-corrected chi connectivity index (χ1v) is 12.2. The SMILES string of the molecule is CCn1c(SCC(=O)Nc2cc(C(F)(F)F)ccc2N2CCOCC2)nnc1-c1cccs1. The number of benzene rings is 1. The number of alkyl halides is 3. The van der Waals surface area contributed by atoms with Crippen molar-refractivity contribution >= 4 is 40.4 Å². The number of nitrogens with zero attached hydrogens (tertiary/aromatic N) is 4. The van der Waals surface area contributed by atoms with E-state index >= 15 is 0 Å². The van der Waals surface area contributed by atoms with Crippen LogP contribution in [0.25, 0.3) is 10.7 Å². The summed E-state index contributed by atoms with van der Waals surface area (Å²) in [6.45, 7) is 4.61. The highest BCUT2D eigenvalue weighted by Gasteiger charge is 2.32. The highest BCUT2D eigenvalue weighted by Crippen LogP contribution is 2.36. The van der Waals surface area contributed by atoms with E-state index in [1.807, 2.05) is 33.9 Å². The van der Waals surface area contributed by atoms with Crippen LogP contribution >= 0.6 is 23.1 Å². The smallest absolute Gasteiger partial charge is 0.378 e. The third-order valence-electron chi connectivity index (χ3n) is 5.06. The number of thiophene rings is 1. The Morgan fingerprint density at radius 3 is 2.70 bits per heavy atom. The molecule has 176 valence electrons. The molecular formula is C21H22F3N5O2S2. The molecule has 7 nitrogen and oxygen atoms in total. The number of carbonyl (C=O) groups is 1. The second-order valence-electron chi connectivity index (χ2n) is 7.19. The highest BCUT2D eigenvalue weighted by molar-refractivity contribution is 7.99. The number of carbonyl (C=O) groups excluding carboxylic acids is 1. The minimum absolute atomic E-state index is 0.0125. The summed E-state index contributed by atoms with van der Waals surface area (Å²) in [5, 5.41) is 13.6. The largest absolute Gasteiger partial charge is 0.416 e. The van der Waals surface area contributed by atoms with E-state index in [2.05, 4.69) is 15.5 Å². The van der Waals surface area contributed by atoms with Gasteiger partial charge in [0.05, 0.1) is 40.8 Å². The maximum atomic E-state index is 13.3. The predicted molar refractivity (Wildman–Crippen MR) is 123 cm³/mol. The average molecular weight is 498 g/mol. The summed E-state index contributed by atoms with van der Waals surface area (Å²) < 4.78 is 47.1. The van der Waals surface area contributed by atoms with Gasteiger partial charge in [-0.25, -0.2) is 0 Å². The van der Waals surface area contributed by atoms with Crippen molar-refractivity contribution < 1.29 is 22.7 Å². The summed E-state index contributed by atoms with van der Waals surface area (Å²) in [4.78, 5) is 15.6. The predicted octanol–water partition coefficient (Wildman–Crippen LogP) is 4.61. The van der Waals surface area contributed by atoms with Gasteiger partial charge in [-0.1, -0.05) is 17.8 Å². The molecule has 0 bridgehead atoms. The van der Waals surface area contributed by atoms with Gasteiger partial charge < -0.3 is 19.5 Å². The van der Waals surface area contributed by atoms with Crippen molar-refractivity contribution in [3.05, 3.63) is 41.3 Å². The molecule has 0 radical (unpaired) electrons. The summed E-state index contributed by atoms with van der Waals surface area (Å²) in [5.74, 6) is 0.293. The first kappa shape index (κ1) is 23.6. The molecule has 1 amide bonds. The number of anilines is 2. The molecule has 0 aliphatic carbocycles. The number of hydrogen-bond acceptors (Lipinski definition) is 7. The molecule has 0 atom stereocenters. The van der Waals surface area contributed by atoms with Gasteiger partial charge in [-0.3, -0.25) is 4.79 Å². The molecule has 2 aromatic heterocycles. The fourth-order valence-electron chi connectivity index (χ4n) is 3.48. The van der Waals surface area contributed by atoms with Crippen LogP contribution in [-0.4, -0.2) is 52.7 Å². The van der Waals surface area contributed by atoms with Crippen LogP contribution in [0.3, 0.4) is 0 Å². The Morgan fingerprint density at radius 1 is 1.24 bits per heavy atom. The van der Waals surface area contributed by atoms with Gasteiger partial charge in [-0.05, 0) is 36.6 Å². The van der Waals surface area contributed by atoms with Gasteiger partial charge >= 0.3 is 6.18 Å². The number of rotatable bonds is 7. The lowest BCUT2D eigenvalue weighted by Gasteiger charge is -2.31. The lowest BCUT2D eigenvalue weighted by atomic mass is 10.1. The number of aromatic nitrogens is 3. The molecule has 1 saturated heterocycles. The van der Waals surface area contributed by atoms with Crippen molar-refractivity contribution in [3.63, 3.8) is 0 Å². The molecule has 1 aliphatic heterocycles. The summed E-state index contributed by atoms with van der Waals surface area (Å²) >= 11 is 2.74. The van der Waals surface area contributed by atoms with Gasteiger partial charge in [0.25, 0.3) is 0 Å². The normalized spacial score (nSPS) is 14.5. The Bertz CT molecular complexity index is 1100. The molecule has 33 heavy (non-hydrogen) atoms. The van der Waals surface area contributed by atoms with Crippen molar-refractivity contribution in [1.82, 2.24) is 14.8 Å². The van der Waals surface area contributed by atoms with Crippen LogP contribution in [-0.2, 0) is 22.3 Å². The molecule has 12 heteroatoms. The highest BCUT2D eigenvalue weighted by atomic mass is 32.2. The number of halogens is 3. The Hall–Kier alpha value is -2.57. The topological polar surface area (TPSA) is 72.3 Å². The average Bonchev–Trinajstić information content (AvgIpc) is 3.47. The standard InChI is InChI=1S/C21H22F3N5O2S2/c1-2-29-19(17-4-3-11-32-17)26-27-20(29)33-13-18(30)25-15-12-14(21(22,23)24)5-6-16(15)28-7-9-31-10-8-28/h3-6,11-12H,2,7-10,13H2,1H3,(H,25,30). The van der Waals surface area contributed by atoms with Gasteiger partial charge in [0.2, 0.25) is 5.91 Å². The zero-order valence-electron chi connectivity index (χ0n) is 17.8. The lowest BCUT2D eigenvalue weighted by molar-refractivity contribution is -0.137. The monoisotopic (exact) mass is 497 g/mol. The van der Waals surface area contributed by atoms with Gasteiger partial charge in [0.1, 0.15) is 0 Å². The van der Waals surface area contributed by atoms with E-state index in [4.69, 9.17) is 4.74 Å². The first-order chi connectivity index (χ1) is 15.9. The molecule has 3 heterocycles. The van der Waals surface area contributed by atoms with Gasteiger partial charge in [0, 0.05) is 19.6 Å². The Labute approximate surface area is 196 Å². The molecule has 1 N–H and O–H groups in total. The fourth-order valence-corrected chi connectivity index (χ4v) is 5.00. The van der Waals surface area contributed by atoms with Crippen LogP contribution < -0.4 is 10.2 Å². The third-order valence-corrected chi connectivity index (χ3v) is 6.89. The zero-order valence-corrected chi connectivity index (χ0v) is 19.4. The maximum absolute atomic E-state index is 13.3. The number of morpholine rings is 1. The van der Waals surface area contributed by atoms with Crippen molar-refractivity contribution in [3.8, 4) is 10.7 Å². The molecular weight excluding hydrogens is 475 g/mol. The van der Waals surface area contributed by atoms with Gasteiger partial charge in [-0.15, -0.1) is 21.5 Å². The second kappa shape index (κ2) is 10.1. The lowest BCUT2D eigenvalue weighted by Crippen LogP contribution is -2.37. The minimum Gasteiger partial charge on any atom is -0.378 e. The van der Waals surface area contributed by atoms with Crippen LogP contribution in [0.5, 0.6) is 0 Å². The molecule has 0 spiro atoms. The zero-order chi connectivity index (χ0) is 23.4. The van der Waals surface area contributed by atoms with Crippen LogP contribution in [0.4, 0.5) is 24.5 Å². The third kappa shape index (κ3) is 5.50. The van der Waals surface area contributed by atoms with E-state index in [9.17, 15) is 18.0 Å². The summed E-state index contributed by atoms with van der Waals surface area (Å²) in [5.41, 5.74) is -0.135. The number of amides is 1. The van der Waals surface area contributed by atoms with E-state index in [0.717, 1.165) is 22.8 Å². The van der Waals surface area contributed by atoms with E-state index in [0.29, 0.717) is 43.7 Å². The van der Waals surface area contributed by atoms with Gasteiger partial charge in [0.15, 0.2) is 11.0 Å². The quantitative estimate of drug-likeness (QED) is 0.481. The maximum Gasteiger partial charge on any atom is 0.416 e. The van der Waals surface area contributed by atoms with Crippen molar-refractivity contribution in [2.24, 2.45) is 0 Å². The summed E-state index contributed by atoms with van der Waals surface area (Å²) in [7, 11) is 0. The number of nitrogens with one attached hydrogen (secondary N) is 1. The van der Waals surface area contributed by atoms with Crippen molar-refractivity contribution in [1.29, 1.82) is 0 Å². The summed E-state index contributed by atoms with van der Waals surface area (Å²) in [6, 6.07) is 7.29. The van der Waals surface area contributed by atoms with Crippen LogP contribution in [0, 0.1) is 0 Å². The van der Waals surface area contributed by atoms with E-state index in [-0.39, 0.29) is 11.4 Å². The minimum atomic E-state index is -4.51. The van der Waals surface area contributed by atoms with E-state index in [1.54, 1.807) is 11.3 Å². The Balaban J connectivity index is 1.50.